The number of aliphatic hydroxyl groups excluding tert-OH is 1. The fraction of sp³-hybridized carbons (Fsp3) is 0.294. The van der Waals surface area contributed by atoms with Gasteiger partial charge in [-0.15, -0.1) is 0 Å². The molecule has 1 heterocycles. The van der Waals surface area contributed by atoms with Crippen LogP contribution in [-0.4, -0.2) is 11.1 Å². The summed E-state index contributed by atoms with van der Waals surface area (Å²) in [5.41, 5.74) is 4.76. The Morgan fingerprint density at radius 3 is 2.63 bits per heavy atom. The van der Waals surface area contributed by atoms with Gasteiger partial charge in [-0.3, -0.25) is 0 Å². The number of nitrogens with one attached hydrogen (secondary N) is 1. The molecule has 2 aromatic rings. The zero-order valence-electron chi connectivity index (χ0n) is 11.4. The van der Waals surface area contributed by atoms with Crippen LogP contribution in [0.4, 0.5) is 0 Å². The summed E-state index contributed by atoms with van der Waals surface area (Å²) in [6.45, 7) is 4.38. The first-order valence-electron chi connectivity index (χ1n) is 6.78. The molecule has 0 bridgehead atoms. The molecule has 3 rings (SSSR count). The van der Waals surface area contributed by atoms with Crippen LogP contribution in [0.3, 0.4) is 0 Å². The Labute approximate surface area is 113 Å². The van der Waals surface area contributed by atoms with Crippen LogP contribution in [0.25, 0.3) is 16.3 Å². The standard InChI is InChI=1S/C17H19NO/c1-11-7-14(10-19)17(13-8-12(2)18-9-13)16-6-4-3-5-15(11)16/h3-7,9,12,18-19H,8,10H2,1-2H3. The normalized spacial score (nSPS) is 18.5. The summed E-state index contributed by atoms with van der Waals surface area (Å²) in [7, 11) is 0. The summed E-state index contributed by atoms with van der Waals surface area (Å²) in [5, 5.41) is 15.6. The molecule has 2 heteroatoms. The predicted molar refractivity (Wildman–Crippen MR) is 79.8 cm³/mol. The van der Waals surface area contributed by atoms with Crippen LogP contribution in [0.15, 0.2) is 36.5 Å². The highest BCUT2D eigenvalue weighted by atomic mass is 16.3. The third-order valence-corrected chi connectivity index (χ3v) is 3.89. The third-order valence-electron chi connectivity index (χ3n) is 3.89. The minimum Gasteiger partial charge on any atom is -0.392 e. The summed E-state index contributed by atoms with van der Waals surface area (Å²) in [6.07, 6.45) is 3.11. The Morgan fingerprint density at radius 1 is 1.26 bits per heavy atom. The number of rotatable bonds is 2. The van der Waals surface area contributed by atoms with Gasteiger partial charge in [0.25, 0.3) is 0 Å². The lowest BCUT2D eigenvalue weighted by Crippen LogP contribution is -2.13. The molecule has 0 aromatic heterocycles. The molecule has 1 unspecified atom stereocenters. The van der Waals surface area contributed by atoms with Crippen molar-refractivity contribution in [1.82, 2.24) is 5.32 Å². The van der Waals surface area contributed by atoms with Crippen molar-refractivity contribution in [3.63, 3.8) is 0 Å². The van der Waals surface area contributed by atoms with Crippen molar-refractivity contribution in [2.45, 2.75) is 32.9 Å². The molecular formula is C17H19NO. The molecule has 1 atom stereocenters. The Balaban J connectivity index is 2.29. The zero-order chi connectivity index (χ0) is 13.4. The van der Waals surface area contributed by atoms with Crippen LogP contribution in [0, 0.1) is 6.92 Å². The van der Waals surface area contributed by atoms with Crippen molar-refractivity contribution in [1.29, 1.82) is 0 Å². The maximum atomic E-state index is 9.68. The Kier molecular flexibility index (Phi) is 3.03. The summed E-state index contributed by atoms with van der Waals surface area (Å²) in [5.74, 6) is 0. The van der Waals surface area contributed by atoms with E-state index in [9.17, 15) is 5.11 Å². The fourth-order valence-electron chi connectivity index (χ4n) is 3.00. The van der Waals surface area contributed by atoms with E-state index >= 15 is 0 Å². The second-order valence-electron chi connectivity index (χ2n) is 5.37. The lowest BCUT2D eigenvalue weighted by Gasteiger charge is -2.15. The molecule has 1 aliphatic heterocycles. The molecule has 1 aliphatic rings. The molecule has 2 N–H and O–H groups in total. The van der Waals surface area contributed by atoms with Gasteiger partial charge in [0.1, 0.15) is 0 Å². The van der Waals surface area contributed by atoms with Gasteiger partial charge in [0.05, 0.1) is 6.61 Å². The van der Waals surface area contributed by atoms with E-state index in [1.165, 1.54) is 27.5 Å². The van der Waals surface area contributed by atoms with Gasteiger partial charge in [-0.2, -0.15) is 0 Å². The Hall–Kier alpha value is -1.80. The Bertz CT molecular complexity index is 658. The molecule has 0 spiro atoms. The first kappa shape index (κ1) is 12.2. The van der Waals surface area contributed by atoms with E-state index in [-0.39, 0.29) is 6.61 Å². The highest BCUT2D eigenvalue weighted by Gasteiger charge is 2.19. The second-order valence-corrected chi connectivity index (χ2v) is 5.37. The van der Waals surface area contributed by atoms with Crippen molar-refractivity contribution in [2.75, 3.05) is 0 Å². The SMILES string of the molecule is Cc1cc(CO)c(C2=CNC(C)C2)c2ccccc12. The van der Waals surface area contributed by atoms with Gasteiger partial charge in [-0.25, -0.2) is 0 Å². The van der Waals surface area contributed by atoms with E-state index in [0.717, 1.165) is 12.0 Å². The number of hydrogen-bond donors (Lipinski definition) is 2. The lowest BCUT2D eigenvalue weighted by molar-refractivity contribution is 0.281. The monoisotopic (exact) mass is 253 g/mol. The average Bonchev–Trinajstić information content (AvgIpc) is 2.85. The highest BCUT2D eigenvalue weighted by molar-refractivity contribution is 5.97. The topological polar surface area (TPSA) is 32.3 Å². The van der Waals surface area contributed by atoms with Gasteiger partial charge >= 0.3 is 0 Å². The molecule has 0 saturated carbocycles. The Morgan fingerprint density at radius 2 is 2.00 bits per heavy atom. The molecular weight excluding hydrogens is 234 g/mol. The minimum absolute atomic E-state index is 0.0900. The summed E-state index contributed by atoms with van der Waals surface area (Å²) in [6, 6.07) is 11.0. The van der Waals surface area contributed by atoms with Crippen molar-refractivity contribution < 1.29 is 5.11 Å². The van der Waals surface area contributed by atoms with Crippen LogP contribution in [-0.2, 0) is 6.61 Å². The number of aryl methyl sites for hydroxylation is 1. The summed E-state index contributed by atoms with van der Waals surface area (Å²) < 4.78 is 0. The van der Waals surface area contributed by atoms with Crippen LogP contribution in [0.5, 0.6) is 0 Å². The predicted octanol–water partition coefficient (Wildman–Crippen LogP) is 3.36. The minimum atomic E-state index is 0.0900. The van der Waals surface area contributed by atoms with E-state index in [0.29, 0.717) is 6.04 Å². The molecule has 0 fully saturated rings. The molecule has 0 amide bonds. The van der Waals surface area contributed by atoms with Gasteiger partial charge in [0, 0.05) is 12.2 Å². The van der Waals surface area contributed by atoms with Crippen LogP contribution in [0.2, 0.25) is 0 Å². The van der Waals surface area contributed by atoms with Crippen molar-refractivity contribution in [2.24, 2.45) is 0 Å². The molecule has 2 nitrogen and oxygen atoms in total. The molecule has 2 aromatic carbocycles. The van der Waals surface area contributed by atoms with E-state index in [1.54, 1.807) is 0 Å². The highest BCUT2D eigenvalue weighted by Crippen LogP contribution is 2.34. The molecule has 0 aliphatic carbocycles. The maximum Gasteiger partial charge on any atom is 0.0688 e. The van der Waals surface area contributed by atoms with Crippen molar-refractivity contribution in [3.05, 3.63) is 53.2 Å². The van der Waals surface area contributed by atoms with Crippen molar-refractivity contribution in [3.8, 4) is 0 Å². The number of hydrogen-bond acceptors (Lipinski definition) is 2. The van der Waals surface area contributed by atoms with Gasteiger partial charge in [-0.1, -0.05) is 30.3 Å². The molecule has 0 saturated heterocycles. The van der Waals surface area contributed by atoms with E-state index in [4.69, 9.17) is 0 Å². The van der Waals surface area contributed by atoms with Crippen LogP contribution >= 0.6 is 0 Å². The van der Waals surface area contributed by atoms with Gasteiger partial charge in [-0.05, 0) is 53.3 Å². The van der Waals surface area contributed by atoms with E-state index in [2.05, 4.69) is 55.7 Å². The largest absolute Gasteiger partial charge is 0.392 e. The maximum absolute atomic E-state index is 9.68. The summed E-state index contributed by atoms with van der Waals surface area (Å²) >= 11 is 0. The van der Waals surface area contributed by atoms with Crippen LogP contribution in [0.1, 0.15) is 30.0 Å². The first-order valence-corrected chi connectivity index (χ1v) is 6.78. The van der Waals surface area contributed by atoms with Gasteiger partial charge in [0.15, 0.2) is 0 Å². The fourth-order valence-corrected chi connectivity index (χ4v) is 3.00. The first-order chi connectivity index (χ1) is 9.20. The van der Waals surface area contributed by atoms with E-state index in [1.807, 2.05) is 0 Å². The van der Waals surface area contributed by atoms with Crippen molar-refractivity contribution >= 4 is 16.3 Å². The molecule has 19 heavy (non-hydrogen) atoms. The summed E-state index contributed by atoms with van der Waals surface area (Å²) in [4.78, 5) is 0. The molecule has 0 radical (unpaired) electrons. The lowest BCUT2D eigenvalue weighted by atomic mass is 9.90. The smallest absolute Gasteiger partial charge is 0.0688 e. The van der Waals surface area contributed by atoms with E-state index < -0.39 is 0 Å². The number of benzene rings is 2. The van der Waals surface area contributed by atoms with Gasteiger partial charge in [0.2, 0.25) is 0 Å². The second kappa shape index (κ2) is 4.71. The zero-order valence-corrected chi connectivity index (χ0v) is 11.4. The third kappa shape index (κ3) is 2.02. The number of aliphatic hydroxyl groups is 1. The van der Waals surface area contributed by atoms with Gasteiger partial charge < -0.3 is 10.4 Å². The van der Waals surface area contributed by atoms with Crippen LogP contribution < -0.4 is 5.32 Å². The average molecular weight is 253 g/mol. The number of fused-ring (bicyclic) bond motifs is 1. The quantitative estimate of drug-likeness (QED) is 0.860. The molecule has 98 valence electrons.